The Labute approximate surface area is 183 Å². The van der Waals surface area contributed by atoms with Gasteiger partial charge in [-0.1, -0.05) is 6.07 Å². The quantitative estimate of drug-likeness (QED) is 0.172. The summed E-state index contributed by atoms with van der Waals surface area (Å²) >= 11 is 0. The number of anilines is 1. The lowest BCUT2D eigenvalue weighted by Crippen LogP contribution is -2.36. The molecule has 0 fully saturated rings. The minimum atomic E-state index is -0.932. The first-order valence-corrected chi connectivity index (χ1v) is 8.99. The van der Waals surface area contributed by atoms with Crippen molar-refractivity contribution in [2.24, 2.45) is 16.6 Å². The van der Waals surface area contributed by atoms with Gasteiger partial charge in [-0.15, -0.1) is 12.4 Å². The fourth-order valence-electron chi connectivity index (χ4n) is 2.46. The number of nitrogens with two attached hydrogens (primary N) is 2. The lowest BCUT2D eigenvalue weighted by Gasteiger charge is -2.12. The van der Waals surface area contributed by atoms with Gasteiger partial charge in [-0.3, -0.25) is 14.2 Å². The van der Waals surface area contributed by atoms with Crippen LogP contribution in [0.1, 0.15) is 11.3 Å². The van der Waals surface area contributed by atoms with Gasteiger partial charge < -0.3 is 26.9 Å². The highest BCUT2D eigenvalue weighted by atomic mass is 35.5. The topological polar surface area (TPSA) is 150 Å². The molecule has 6 N–H and O–H groups in total. The number of hydrogen-bond acceptors (Lipinski definition) is 6. The van der Waals surface area contributed by atoms with Crippen LogP contribution in [-0.4, -0.2) is 41.1 Å². The molecule has 0 saturated carbocycles. The third-order valence-electron chi connectivity index (χ3n) is 3.93. The third kappa shape index (κ3) is 8.09. The largest absolute Gasteiger partial charge is 0.391 e. The molecule has 0 aliphatic carbocycles. The van der Waals surface area contributed by atoms with Crippen molar-refractivity contribution in [3.8, 4) is 0 Å². The molecule has 2 rings (SSSR count). The molecule has 1 amide bonds. The first kappa shape index (κ1) is 25.6. The summed E-state index contributed by atoms with van der Waals surface area (Å²) in [4.78, 5) is 33.5. The van der Waals surface area contributed by atoms with Crippen LogP contribution in [0.5, 0.6) is 0 Å². The van der Waals surface area contributed by atoms with Crippen LogP contribution in [0.3, 0.4) is 0 Å². The summed E-state index contributed by atoms with van der Waals surface area (Å²) in [5.41, 5.74) is 10.8. The number of hydrogen-bond donors (Lipinski definition) is 4. The van der Waals surface area contributed by atoms with Gasteiger partial charge in [-0.2, -0.15) is 0 Å². The zero-order valence-corrected chi connectivity index (χ0v) is 17.5. The second-order valence-electron chi connectivity index (χ2n) is 6.26. The molecule has 0 aliphatic heterocycles. The first-order chi connectivity index (χ1) is 14.3. The van der Waals surface area contributed by atoms with Crippen molar-refractivity contribution in [2.45, 2.75) is 19.9 Å². The van der Waals surface area contributed by atoms with E-state index in [-0.39, 0.29) is 50.4 Å². The number of carbonyl (C=O) groups excluding carboxylic acids is 1. The number of amides is 1. The summed E-state index contributed by atoms with van der Waals surface area (Å²) < 4.78 is 27.5. The van der Waals surface area contributed by atoms with E-state index in [0.29, 0.717) is 17.7 Å². The van der Waals surface area contributed by atoms with E-state index < -0.39 is 23.1 Å². The van der Waals surface area contributed by atoms with Gasteiger partial charge in [0.05, 0.1) is 6.54 Å². The van der Waals surface area contributed by atoms with Crippen LogP contribution in [0.2, 0.25) is 0 Å². The Hall–Kier alpha value is -3.41. The number of rotatable bonds is 10. The number of oxime groups is 1. The number of guanidine groups is 1. The molecule has 0 atom stereocenters. The molecule has 0 bridgehead atoms. The van der Waals surface area contributed by atoms with Crippen LogP contribution in [0, 0.1) is 18.6 Å². The van der Waals surface area contributed by atoms with E-state index in [2.05, 4.69) is 20.8 Å². The van der Waals surface area contributed by atoms with Gasteiger partial charge in [0.25, 0.3) is 5.56 Å². The molecule has 1 aromatic carbocycles. The molecule has 2 aromatic rings. The van der Waals surface area contributed by atoms with E-state index in [4.69, 9.17) is 16.3 Å². The van der Waals surface area contributed by atoms with E-state index in [1.807, 2.05) is 0 Å². The van der Waals surface area contributed by atoms with Gasteiger partial charge in [0.1, 0.15) is 13.2 Å². The van der Waals surface area contributed by atoms with E-state index >= 15 is 0 Å². The van der Waals surface area contributed by atoms with Crippen LogP contribution in [0.4, 0.5) is 14.6 Å². The van der Waals surface area contributed by atoms with Gasteiger partial charge in [-0.25, -0.2) is 13.8 Å². The molecule has 0 aliphatic rings. The van der Waals surface area contributed by atoms with Crippen molar-refractivity contribution in [1.82, 2.24) is 14.9 Å². The second-order valence-corrected chi connectivity index (χ2v) is 6.26. The number of nitrogens with zero attached hydrogens (tertiary/aromatic N) is 3. The molecule has 0 radical (unpaired) electrons. The van der Waals surface area contributed by atoms with E-state index in [1.165, 1.54) is 16.8 Å². The molecular formula is C18H24ClF2N7O3. The second kappa shape index (κ2) is 12.3. The number of aryl methyl sites for hydroxylation is 1. The summed E-state index contributed by atoms with van der Waals surface area (Å²) in [5, 5.41) is 8.74. The molecule has 1 aromatic heterocycles. The molecule has 13 heteroatoms. The van der Waals surface area contributed by atoms with Crippen LogP contribution in [-0.2, 0) is 22.6 Å². The highest BCUT2D eigenvalue weighted by Gasteiger charge is 2.11. The van der Waals surface area contributed by atoms with E-state index in [9.17, 15) is 18.4 Å². The van der Waals surface area contributed by atoms with Crippen molar-refractivity contribution < 1.29 is 18.4 Å². The molecule has 31 heavy (non-hydrogen) atoms. The Balaban J connectivity index is 0.00000480. The summed E-state index contributed by atoms with van der Waals surface area (Å²) in [6.45, 7) is 1.91. The zero-order chi connectivity index (χ0) is 22.1. The van der Waals surface area contributed by atoms with E-state index in [1.54, 1.807) is 6.92 Å². The summed E-state index contributed by atoms with van der Waals surface area (Å²) in [6, 6.07) is 3.60. The summed E-state index contributed by atoms with van der Waals surface area (Å²) in [6.07, 6.45) is 1.80. The average Bonchev–Trinajstić information content (AvgIpc) is 2.69. The fourth-order valence-corrected chi connectivity index (χ4v) is 2.46. The molecule has 10 nitrogen and oxygen atoms in total. The number of nitrogens with one attached hydrogen (secondary N) is 2. The first-order valence-electron chi connectivity index (χ1n) is 8.99. The lowest BCUT2D eigenvalue weighted by molar-refractivity contribution is -0.122. The number of carbonyl (C=O) groups is 1. The number of benzene rings is 1. The van der Waals surface area contributed by atoms with Crippen LogP contribution >= 0.6 is 12.4 Å². The van der Waals surface area contributed by atoms with Crippen molar-refractivity contribution in [2.75, 3.05) is 25.0 Å². The van der Waals surface area contributed by atoms with Gasteiger partial charge >= 0.3 is 0 Å². The predicted molar refractivity (Wildman–Crippen MR) is 114 cm³/mol. The Morgan fingerprint density at radius 2 is 2.00 bits per heavy atom. The zero-order valence-electron chi connectivity index (χ0n) is 16.7. The van der Waals surface area contributed by atoms with E-state index in [0.717, 1.165) is 12.1 Å². The Morgan fingerprint density at radius 1 is 1.26 bits per heavy atom. The Morgan fingerprint density at radius 3 is 2.68 bits per heavy atom. The average molecular weight is 460 g/mol. The minimum Gasteiger partial charge on any atom is -0.391 e. The summed E-state index contributed by atoms with van der Waals surface area (Å²) in [7, 11) is 0. The molecule has 1 heterocycles. The number of halogens is 3. The van der Waals surface area contributed by atoms with Crippen molar-refractivity contribution in [3.63, 3.8) is 0 Å². The van der Waals surface area contributed by atoms with Crippen LogP contribution < -0.4 is 27.7 Å². The van der Waals surface area contributed by atoms with Gasteiger partial charge in [0.2, 0.25) is 11.9 Å². The van der Waals surface area contributed by atoms with Crippen molar-refractivity contribution in [3.05, 3.63) is 57.6 Å². The van der Waals surface area contributed by atoms with Gasteiger partial charge in [-0.05, 0) is 36.2 Å². The lowest BCUT2D eigenvalue weighted by atomic mass is 10.1. The monoisotopic (exact) mass is 459 g/mol. The molecule has 0 spiro atoms. The highest BCUT2D eigenvalue weighted by molar-refractivity contribution is 5.85. The Kier molecular flexibility index (Phi) is 10.2. The molecule has 0 saturated heterocycles. The maximum Gasteiger partial charge on any atom is 0.293 e. The standard InChI is InChI=1S/C18H23F2N7O3.ClH/c1-11-9-25-16(24-5-4-12-2-3-13(19)14(20)8-12)17(29)27(11)10-15(28)23-6-7-30-26-18(21)22;/h2-3,8-9H,4-7,10H2,1H3,(H,23,28)(H,24,25)(H4,21,22,26);1H. The van der Waals surface area contributed by atoms with Crippen LogP contribution in [0.25, 0.3) is 0 Å². The number of aromatic nitrogens is 2. The van der Waals surface area contributed by atoms with Crippen LogP contribution in [0.15, 0.2) is 34.3 Å². The maximum atomic E-state index is 13.3. The highest BCUT2D eigenvalue weighted by Crippen LogP contribution is 2.09. The Bertz CT molecular complexity index is 981. The van der Waals surface area contributed by atoms with Gasteiger partial charge in [0.15, 0.2) is 17.5 Å². The molecule has 0 unspecified atom stereocenters. The molecule has 170 valence electrons. The van der Waals surface area contributed by atoms with Crippen molar-refractivity contribution >= 4 is 30.1 Å². The fraction of sp³-hybridized carbons (Fsp3) is 0.333. The minimum absolute atomic E-state index is 0. The molecular weight excluding hydrogens is 436 g/mol. The maximum absolute atomic E-state index is 13.3. The normalized spacial score (nSPS) is 10.0. The summed E-state index contributed by atoms with van der Waals surface area (Å²) in [5.74, 6) is -2.45. The van der Waals surface area contributed by atoms with Gasteiger partial charge in [0, 0.05) is 18.4 Å². The predicted octanol–water partition coefficient (Wildman–Crippen LogP) is 0.228. The van der Waals surface area contributed by atoms with Crippen molar-refractivity contribution in [1.29, 1.82) is 0 Å². The smallest absolute Gasteiger partial charge is 0.293 e. The SMILES string of the molecule is Cc1cnc(NCCc2ccc(F)c(F)c2)c(=O)n1CC(=O)NCCON=C(N)N.Cl. The third-order valence-corrected chi connectivity index (χ3v) is 3.93.